The molecule has 2 aromatic rings. The zero-order valence-corrected chi connectivity index (χ0v) is 11.6. The highest BCUT2D eigenvalue weighted by molar-refractivity contribution is 5.32. The molecule has 0 saturated heterocycles. The monoisotopic (exact) mass is 274 g/mol. The third kappa shape index (κ3) is 3.64. The van der Waals surface area contributed by atoms with Crippen LogP contribution in [0.1, 0.15) is 24.1 Å². The second-order valence-corrected chi connectivity index (χ2v) is 4.80. The van der Waals surface area contributed by atoms with E-state index in [4.69, 9.17) is 0 Å². The van der Waals surface area contributed by atoms with Crippen molar-refractivity contribution >= 4 is 5.69 Å². The van der Waals surface area contributed by atoms with Gasteiger partial charge in [-0.2, -0.15) is 5.10 Å². The molecule has 0 aliphatic carbocycles. The van der Waals surface area contributed by atoms with Crippen LogP contribution in [0.15, 0.2) is 36.7 Å². The van der Waals surface area contributed by atoms with Crippen molar-refractivity contribution in [3.05, 3.63) is 57.9 Å². The number of nitro benzene ring substituents is 1. The van der Waals surface area contributed by atoms with Crippen molar-refractivity contribution in [3.63, 3.8) is 0 Å². The Morgan fingerprint density at radius 1 is 1.40 bits per heavy atom. The molecule has 1 heterocycles. The van der Waals surface area contributed by atoms with Crippen molar-refractivity contribution in [3.8, 4) is 0 Å². The second-order valence-electron chi connectivity index (χ2n) is 4.80. The molecular weight excluding hydrogens is 256 g/mol. The van der Waals surface area contributed by atoms with E-state index in [1.54, 1.807) is 28.9 Å². The molecular formula is C14H18N4O2. The number of benzene rings is 1. The lowest BCUT2D eigenvalue weighted by Gasteiger charge is -2.11. The van der Waals surface area contributed by atoms with Gasteiger partial charge in [-0.1, -0.05) is 12.1 Å². The molecule has 0 spiro atoms. The van der Waals surface area contributed by atoms with Gasteiger partial charge in [0.25, 0.3) is 5.69 Å². The molecule has 2 rings (SSSR count). The highest BCUT2D eigenvalue weighted by Gasteiger charge is 2.07. The van der Waals surface area contributed by atoms with Gasteiger partial charge in [0.1, 0.15) is 0 Å². The second kappa shape index (κ2) is 6.29. The van der Waals surface area contributed by atoms with E-state index in [1.807, 2.05) is 19.4 Å². The number of aryl methyl sites for hydroxylation is 1. The lowest BCUT2D eigenvalue weighted by atomic mass is 10.1. The topological polar surface area (TPSA) is 73.0 Å². The van der Waals surface area contributed by atoms with Crippen LogP contribution < -0.4 is 5.32 Å². The summed E-state index contributed by atoms with van der Waals surface area (Å²) in [5, 5.41) is 18.1. The van der Waals surface area contributed by atoms with Crippen LogP contribution in [0.5, 0.6) is 0 Å². The summed E-state index contributed by atoms with van der Waals surface area (Å²) >= 11 is 0. The standard InChI is InChI=1S/C14H18N4O2/c1-11(13-9-16-17(2)10-13)15-8-7-12-3-5-14(6-4-12)18(19)20/h3-6,9-11,15H,7-8H2,1-2H3. The number of rotatable bonds is 6. The molecule has 6 nitrogen and oxygen atoms in total. The Balaban J connectivity index is 1.82. The average molecular weight is 274 g/mol. The largest absolute Gasteiger partial charge is 0.310 e. The zero-order valence-electron chi connectivity index (χ0n) is 11.6. The summed E-state index contributed by atoms with van der Waals surface area (Å²) in [5.41, 5.74) is 2.36. The molecule has 0 aliphatic heterocycles. The molecule has 1 aromatic heterocycles. The number of nitrogens with zero attached hydrogens (tertiary/aromatic N) is 3. The first kappa shape index (κ1) is 14.2. The fraction of sp³-hybridized carbons (Fsp3) is 0.357. The fourth-order valence-corrected chi connectivity index (χ4v) is 2.00. The van der Waals surface area contributed by atoms with Crippen LogP contribution in [0.4, 0.5) is 5.69 Å². The van der Waals surface area contributed by atoms with Crippen LogP contribution in [0.2, 0.25) is 0 Å². The van der Waals surface area contributed by atoms with Crippen molar-refractivity contribution in [2.24, 2.45) is 7.05 Å². The SMILES string of the molecule is CC(NCCc1ccc([N+](=O)[O-])cc1)c1cnn(C)c1. The third-order valence-electron chi connectivity index (χ3n) is 3.24. The van der Waals surface area contributed by atoms with E-state index in [9.17, 15) is 10.1 Å². The van der Waals surface area contributed by atoms with Gasteiger partial charge in [-0.25, -0.2) is 0 Å². The number of nitro groups is 1. The average Bonchev–Trinajstić information content (AvgIpc) is 2.86. The number of hydrogen-bond acceptors (Lipinski definition) is 4. The summed E-state index contributed by atoms with van der Waals surface area (Å²) in [4.78, 5) is 10.2. The predicted molar refractivity (Wildman–Crippen MR) is 76.4 cm³/mol. The molecule has 0 bridgehead atoms. The van der Waals surface area contributed by atoms with Gasteiger partial charge in [0.05, 0.1) is 11.1 Å². The Bertz CT molecular complexity index is 577. The van der Waals surface area contributed by atoms with E-state index in [0.717, 1.165) is 24.1 Å². The summed E-state index contributed by atoms with van der Waals surface area (Å²) in [5.74, 6) is 0. The van der Waals surface area contributed by atoms with E-state index in [0.29, 0.717) is 0 Å². The van der Waals surface area contributed by atoms with Crippen molar-refractivity contribution < 1.29 is 4.92 Å². The van der Waals surface area contributed by atoms with Crippen molar-refractivity contribution in [2.45, 2.75) is 19.4 Å². The van der Waals surface area contributed by atoms with Gasteiger partial charge in [-0.15, -0.1) is 0 Å². The number of nitrogens with one attached hydrogen (secondary N) is 1. The Kier molecular flexibility index (Phi) is 4.47. The van der Waals surface area contributed by atoms with Crippen molar-refractivity contribution in [1.82, 2.24) is 15.1 Å². The van der Waals surface area contributed by atoms with Crippen LogP contribution in [-0.4, -0.2) is 21.2 Å². The Morgan fingerprint density at radius 2 is 2.10 bits per heavy atom. The molecule has 0 aliphatic rings. The van der Waals surface area contributed by atoms with Crippen molar-refractivity contribution in [1.29, 1.82) is 0 Å². The number of aromatic nitrogens is 2. The Hall–Kier alpha value is -2.21. The highest BCUT2D eigenvalue weighted by atomic mass is 16.6. The van der Waals surface area contributed by atoms with Crippen LogP contribution in [0.25, 0.3) is 0 Å². The van der Waals surface area contributed by atoms with Gasteiger partial charge in [-0.05, 0) is 25.5 Å². The Labute approximate surface area is 117 Å². The summed E-state index contributed by atoms with van der Waals surface area (Å²) < 4.78 is 1.78. The van der Waals surface area contributed by atoms with Gasteiger partial charge in [0.15, 0.2) is 0 Å². The van der Waals surface area contributed by atoms with Gasteiger partial charge < -0.3 is 5.32 Å². The summed E-state index contributed by atoms with van der Waals surface area (Å²) in [6.45, 7) is 2.90. The molecule has 0 amide bonds. The number of non-ortho nitro benzene ring substituents is 1. The molecule has 6 heteroatoms. The molecule has 1 aromatic carbocycles. The van der Waals surface area contributed by atoms with Gasteiger partial charge >= 0.3 is 0 Å². The summed E-state index contributed by atoms with van der Waals surface area (Å²) in [6.07, 6.45) is 4.68. The lowest BCUT2D eigenvalue weighted by molar-refractivity contribution is -0.384. The highest BCUT2D eigenvalue weighted by Crippen LogP contribution is 2.13. The molecule has 1 atom stereocenters. The quantitative estimate of drug-likeness (QED) is 0.647. The lowest BCUT2D eigenvalue weighted by Crippen LogP contribution is -2.21. The van der Waals surface area contributed by atoms with E-state index >= 15 is 0 Å². The van der Waals surface area contributed by atoms with E-state index in [-0.39, 0.29) is 16.7 Å². The first-order chi connectivity index (χ1) is 9.56. The maximum absolute atomic E-state index is 10.6. The molecule has 0 saturated carbocycles. The van der Waals surface area contributed by atoms with E-state index < -0.39 is 0 Å². The minimum Gasteiger partial charge on any atom is -0.310 e. The molecule has 1 N–H and O–H groups in total. The smallest absolute Gasteiger partial charge is 0.269 e. The summed E-state index contributed by atoms with van der Waals surface area (Å²) in [7, 11) is 1.90. The molecule has 0 fully saturated rings. The molecule has 1 unspecified atom stereocenters. The van der Waals surface area contributed by atoms with Gasteiger partial charge in [0, 0.05) is 37.0 Å². The first-order valence-corrected chi connectivity index (χ1v) is 6.51. The van der Waals surface area contributed by atoms with Gasteiger partial charge in [0.2, 0.25) is 0 Å². The molecule has 20 heavy (non-hydrogen) atoms. The number of hydrogen-bond donors (Lipinski definition) is 1. The summed E-state index contributed by atoms with van der Waals surface area (Å²) in [6, 6.07) is 6.92. The fourth-order valence-electron chi connectivity index (χ4n) is 2.00. The van der Waals surface area contributed by atoms with Crippen LogP contribution in [0, 0.1) is 10.1 Å². The molecule has 106 valence electrons. The minimum atomic E-state index is -0.382. The normalized spacial score (nSPS) is 12.3. The van der Waals surface area contributed by atoms with Gasteiger partial charge in [-0.3, -0.25) is 14.8 Å². The molecule has 0 radical (unpaired) electrons. The van der Waals surface area contributed by atoms with Crippen LogP contribution in [0.3, 0.4) is 0 Å². The maximum atomic E-state index is 10.6. The van der Waals surface area contributed by atoms with E-state index in [2.05, 4.69) is 17.3 Å². The first-order valence-electron chi connectivity index (χ1n) is 6.51. The van der Waals surface area contributed by atoms with Crippen molar-refractivity contribution in [2.75, 3.05) is 6.54 Å². The van der Waals surface area contributed by atoms with E-state index in [1.165, 1.54) is 0 Å². The van der Waals surface area contributed by atoms with Crippen LogP contribution in [-0.2, 0) is 13.5 Å². The Morgan fingerprint density at radius 3 is 2.65 bits per heavy atom. The zero-order chi connectivity index (χ0) is 14.5. The predicted octanol–water partition coefficient (Wildman–Crippen LogP) is 2.22. The maximum Gasteiger partial charge on any atom is 0.269 e. The minimum absolute atomic E-state index is 0.130. The van der Waals surface area contributed by atoms with Crippen LogP contribution >= 0.6 is 0 Å². The third-order valence-corrected chi connectivity index (χ3v) is 3.24.